The molecule has 1 aromatic carbocycles. The molecule has 4 heteroatoms. The molecule has 0 saturated carbocycles. The van der Waals surface area contributed by atoms with Gasteiger partial charge in [0.1, 0.15) is 11.9 Å². The van der Waals surface area contributed by atoms with Gasteiger partial charge in [0.15, 0.2) is 11.7 Å². The summed E-state index contributed by atoms with van der Waals surface area (Å²) >= 11 is 0. The van der Waals surface area contributed by atoms with Crippen LogP contribution in [-0.4, -0.2) is 17.2 Å². The number of aliphatic hydroxyl groups excluding tert-OH is 1. The number of aromatic nitrogens is 1. The summed E-state index contributed by atoms with van der Waals surface area (Å²) in [5.74, 6) is 1.92. The molecule has 0 aliphatic heterocycles. The molecule has 1 unspecified atom stereocenters. The van der Waals surface area contributed by atoms with Gasteiger partial charge in [0.05, 0.1) is 13.3 Å². The first-order valence-corrected chi connectivity index (χ1v) is 5.44. The van der Waals surface area contributed by atoms with Crippen molar-refractivity contribution in [3.8, 4) is 5.75 Å². The Morgan fingerprint density at radius 3 is 2.59 bits per heavy atom. The van der Waals surface area contributed by atoms with Gasteiger partial charge in [0, 0.05) is 6.42 Å². The maximum Gasteiger partial charge on any atom is 0.198 e. The van der Waals surface area contributed by atoms with E-state index in [0.717, 1.165) is 11.3 Å². The largest absolute Gasteiger partial charge is 0.497 e. The summed E-state index contributed by atoms with van der Waals surface area (Å²) in [5, 5.41) is 9.32. The van der Waals surface area contributed by atoms with Gasteiger partial charge in [-0.15, -0.1) is 0 Å². The van der Waals surface area contributed by atoms with Crippen LogP contribution in [0, 0.1) is 0 Å². The van der Waals surface area contributed by atoms with Gasteiger partial charge in [-0.05, 0) is 24.6 Å². The Morgan fingerprint density at radius 2 is 2.06 bits per heavy atom. The molecule has 0 fully saturated rings. The summed E-state index contributed by atoms with van der Waals surface area (Å²) in [6.07, 6.45) is 1.55. The van der Waals surface area contributed by atoms with Gasteiger partial charge in [-0.1, -0.05) is 12.1 Å². The van der Waals surface area contributed by atoms with Crippen LogP contribution in [0.5, 0.6) is 5.75 Å². The van der Waals surface area contributed by atoms with Crippen LogP contribution in [0.2, 0.25) is 0 Å². The number of ether oxygens (including phenoxy) is 1. The Morgan fingerprint density at radius 1 is 1.35 bits per heavy atom. The van der Waals surface area contributed by atoms with Gasteiger partial charge in [-0.2, -0.15) is 0 Å². The summed E-state index contributed by atoms with van der Waals surface area (Å²) in [6.45, 7) is 1.65. The second-order valence-corrected chi connectivity index (χ2v) is 3.86. The van der Waals surface area contributed by atoms with Gasteiger partial charge in [0.2, 0.25) is 0 Å². The zero-order chi connectivity index (χ0) is 12.3. The molecule has 4 nitrogen and oxygen atoms in total. The van der Waals surface area contributed by atoms with Gasteiger partial charge < -0.3 is 14.3 Å². The van der Waals surface area contributed by atoms with Crippen molar-refractivity contribution in [3.63, 3.8) is 0 Å². The molecule has 0 aliphatic rings. The van der Waals surface area contributed by atoms with Gasteiger partial charge in [0.25, 0.3) is 0 Å². The minimum Gasteiger partial charge on any atom is -0.497 e. The number of rotatable bonds is 4. The highest BCUT2D eigenvalue weighted by Crippen LogP contribution is 2.17. The summed E-state index contributed by atoms with van der Waals surface area (Å²) in [5.41, 5.74) is 1.09. The third kappa shape index (κ3) is 2.85. The van der Waals surface area contributed by atoms with Crippen LogP contribution >= 0.6 is 0 Å². The van der Waals surface area contributed by atoms with Gasteiger partial charge in [-0.3, -0.25) is 0 Å². The molecule has 2 rings (SSSR count). The summed E-state index contributed by atoms with van der Waals surface area (Å²) in [6, 6.07) is 7.72. The summed E-state index contributed by atoms with van der Waals surface area (Å²) < 4.78 is 10.5. The second kappa shape index (κ2) is 5.01. The molecule has 90 valence electrons. The topological polar surface area (TPSA) is 55.5 Å². The minimum atomic E-state index is -0.618. The molecule has 0 aliphatic carbocycles. The van der Waals surface area contributed by atoms with E-state index in [1.54, 1.807) is 20.2 Å². The summed E-state index contributed by atoms with van der Waals surface area (Å²) in [7, 11) is 1.64. The Kier molecular flexibility index (Phi) is 3.44. The van der Waals surface area contributed by atoms with E-state index in [9.17, 15) is 5.11 Å². The first kappa shape index (κ1) is 11.7. The number of oxazole rings is 1. The van der Waals surface area contributed by atoms with Crippen LogP contribution in [0.1, 0.15) is 30.2 Å². The highest BCUT2D eigenvalue weighted by atomic mass is 16.5. The van der Waals surface area contributed by atoms with Crippen LogP contribution in [0.3, 0.4) is 0 Å². The van der Waals surface area contributed by atoms with E-state index < -0.39 is 6.10 Å². The average Bonchev–Trinajstić information content (AvgIpc) is 2.79. The third-order valence-corrected chi connectivity index (χ3v) is 2.50. The van der Waals surface area contributed by atoms with Crippen molar-refractivity contribution in [1.82, 2.24) is 4.98 Å². The van der Waals surface area contributed by atoms with Crippen molar-refractivity contribution in [3.05, 3.63) is 47.7 Å². The Bertz CT molecular complexity index is 474. The predicted octanol–water partition coefficient (Wildman–Crippen LogP) is 2.33. The van der Waals surface area contributed by atoms with E-state index in [1.165, 1.54) is 0 Å². The van der Waals surface area contributed by atoms with Crippen molar-refractivity contribution >= 4 is 0 Å². The maximum atomic E-state index is 9.32. The lowest BCUT2D eigenvalue weighted by atomic mass is 10.1. The van der Waals surface area contributed by atoms with Crippen LogP contribution < -0.4 is 4.74 Å². The minimum absolute atomic E-state index is 0.494. The van der Waals surface area contributed by atoms with E-state index in [4.69, 9.17) is 9.15 Å². The SMILES string of the molecule is COc1ccc(Cc2ncc(C(C)O)o2)cc1. The fourth-order valence-corrected chi connectivity index (χ4v) is 1.52. The maximum absolute atomic E-state index is 9.32. The van der Waals surface area contributed by atoms with Crippen LogP contribution in [0.25, 0.3) is 0 Å². The molecule has 0 radical (unpaired) electrons. The monoisotopic (exact) mass is 233 g/mol. The number of methoxy groups -OCH3 is 1. The number of hydrogen-bond acceptors (Lipinski definition) is 4. The molecule has 1 atom stereocenters. The number of nitrogens with zero attached hydrogens (tertiary/aromatic N) is 1. The van der Waals surface area contributed by atoms with E-state index in [2.05, 4.69) is 4.98 Å². The van der Waals surface area contributed by atoms with Crippen molar-refractivity contribution in [2.24, 2.45) is 0 Å². The average molecular weight is 233 g/mol. The van der Waals surface area contributed by atoms with Crippen LogP contribution in [0.4, 0.5) is 0 Å². The van der Waals surface area contributed by atoms with Crippen molar-refractivity contribution in [2.75, 3.05) is 7.11 Å². The normalized spacial score (nSPS) is 12.4. The number of hydrogen-bond donors (Lipinski definition) is 1. The molecule has 0 saturated heterocycles. The van der Waals surface area contributed by atoms with E-state index in [1.807, 2.05) is 24.3 Å². The molecule has 0 spiro atoms. The Hall–Kier alpha value is -1.81. The lowest BCUT2D eigenvalue weighted by Gasteiger charge is -2.01. The molecule has 17 heavy (non-hydrogen) atoms. The number of benzene rings is 1. The molecule has 1 aromatic heterocycles. The fourth-order valence-electron chi connectivity index (χ4n) is 1.52. The number of aliphatic hydroxyl groups is 1. The van der Waals surface area contributed by atoms with E-state index >= 15 is 0 Å². The second-order valence-electron chi connectivity index (χ2n) is 3.86. The molecular weight excluding hydrogens is 218 g/mol. The zero-order valence-electron chi connectivity index (χ0n) is 9.88. The molecule has 0 bridgehead atoms. The Balaban J connectivity index is 2.08. The first-order valence-electron chi connectivity index (χ1n) is 5.44. The predicted molar refractivity (Wildman–Crippen MR) is 62.9 cm³/mol. The molecule has 0 amide bonds. The van der Waals surface area contributed by atoms with E-state index in [-0.39, 0.29) is 0 Å². The molecule has 2 aromatic rings. The standard InChI is InChI=1S/C13H15NO3/c1-9(15)12-8-14-13(17-12)7-10-3-5-11(16-2)6-4-10/h3-6,8-9,15H,7H2,1-2H3. The van der Waals surface area contributed by atoms with Crippen LogP contribution in [-0.2, 0) is 6.42 Å². The van der Waals surface area contributed by atoms with Crippen molar-refractivity contribution < 1.29 is 14.3 Å². The van der Waals surface area contributed by atoms with Crippen molar-refractivity contribution in [2.45, 2.75) is 19.4 Å². The highest BCUT2D eigenvalue weighted by Gasteiger charge is 2.09. The van der Waals surface area contributed by atoms with Crippen LogP contribution in [0.15, 0.2) is 34.9 Å². The van der Waals surface area contributed by atoms with E-state index in [0.29, 0.717) is 18.1 Å². The molecule has 1 N–H and O–H groups in total. The molecule has 1 heterocycles. The van der Waals surface area contributed by atoms with Gasteiger partial charge in [-0.25, -0.2) is 4.98 Å². The smallest absolute Gasteiger partial charge is 0.198 e. The van der Waals surface area contributed by atoms with Crippen molar-refractivity contribution in [1.29, 1.82) is 0 Å². The quantitative estimate of drug-likeness (QED) is 0.880. The third-order valence-electron chi connectivity index (χ3n) is 2.50. The Labute approximate surface area is 99.9 Å². The molecular formula is C13H15NO3. The van der Waals surface area contributed by atoms with Gasteiger partial charge >= 0.3 is 0 Å². The lowest BCUT2D eigenvalue weighted by Crippen LogP contribution is -1.89. The first-order chi connectivity index (χ1) is 8.19. The highest BCUT2D eigenvalue weighted by molar-refractivity contribution is 5.28. The lowest BCUT2D eigenvalue weighted by molar-refractivity contribution is 0.167. The summed E-state index contributed by atoms with van der Waals surface area (Å²) in [4.78, 5) is 4.12. The fraction of sp³-hybridized carbons (Fsp3) is 0.308. The zero-order valence-corrected chi connectivity index (χ0v) is 9.88.